The Kier molecular flexibility index (Phi) is 5.33. The highest BCUT2D eigenvalue weighted by atomic mass is 19.1. The van der Waals surface area contributed by atoms with Gasteiger partial charge in [-0.1, -0.05) is 12.1 Å². The Balaban J connectivity index is 1.81. The molecule has 1 heterocycles. The molecule has 2 aromatic carbocycles. The van der Waals surface area contributed by atoms with E-state index in [1.54, 1.807) is 30.3 Å². The molecule has 6 nitrogen and oxygen atoms in total. The van der Waals surface area contributed by atoms with Crippen molar-refractivity contribution in [3.63, 3.8) is 0 Å². The van der Waals surface area contributed by atoms with E-state index in [0.29, 0.717) is 17.0 Å². The van der Waals surface area contributed by atoms with E-state index < -0.39 is 17.7 Å². The predicted molar refractivity (Wildman–Crippen MR) is 99.7 cm³/mol. The maximum absolute atomic E-state index is 12.9. The molecule has 1 aromatic heterocycles. The molecule has 3 rings (SSSR count). The summed E-state index contributed by atoms with van der Waals surface area (Å²) in [6.45, 7) is 0. The lowest BCUT2D eigenvalue weighted by molar-refractivity contribution is -0.112. The molecule has 0 aliphatic carbocycles. The molecule has 0 unspecified atom stereocenters. The number of carbonyl (C=O) groups is 2. The van der Waals surface area contributed by atoms with Gasteiger partial charge in [0.15, 0.2) is 0 Å². The number of carboxylic acid groups (broad SMARTS) is 1. The fraction of sp³-hybridized carbons (Fsp3) is 0. The summed E-state index contributed by atoms with van der Waals surface area (Å²) in [6.07, 6.45) is 1.27. The van der Waals surface area contributed by atoms with Crippen LogP contribution in [0.4, 0.5) is 10.1 Å². The maximum atomic E-state index is 12.9. The van der Waals surface area contributed by atoms with Crippen LogP contribution in [0.15, 0.2) is 70.7 Å². The predicted octanol–water partition coefficient (Wildman–Crippen LogP) is 4.33. The van der Waals surface area contributed by atoms with E-state index in [9.17, 15) is 19.2 Å². The second kappa shape index (κ2) is 8.01. The summed E-state index contributed by atoms with van der Waals surface area (Å²) < 4.78 is 18.5. The molecule has 0 fully saturated rings. The normalized spacial score (nSPS) is 10.9. The highest BCUT2D eigenvalue weighted by Crippen LogP contribution is 2.24. The van der Waals surface area contributed by atoms with Crippen molar-refractivity contribution < 1.29 is 23.5 Å². The van der Waals surface area contributed by atoms with E-state index >= 15 is 0 Å². The maximum Gasteiger partial charge on any atom is 0.335 e. The van der Waals surface area contributed by atoms with Crippen molar-refractivity contribution in [1.29, 1.82) is 5.26 Å². The van der Waals surface area contributed by atoms with Gasteiger partial charge in [-0.3, -0.25) is 4.79 Å². The van der Waals surface area contributed by atoms with Gasteiger partial charge in [0, 0.05) is 17.3 Å². The molecule has 0 atom stereocenters. The Hall–Kier alpha value is -4.18. The molecular formula is C21H13FN2O4. The number of nitriles is 1. The summed E-state index contributed by atoms with van der Waals surface area (Å²) in [6, 6.07) is 16.3. The molecular weight excluding hydrogens is 363 g/mol. The van der Waals surface area contributed by atoms with Gasteiger partial charge < -0.3 is 14.8 Å². The largest absolute Gasteiger partial charge is 0.478 e. The SMILES string of the molecule is N#C/C(=C/c1ccc(-c2cccc(C(=O)O)c2)o1)C(=O)Nc1ccc(F)cc1. The molecule has 0 saturated carbocycles. The Morgan fingerprint density at radius 2 is 1.86 bits per heavy atom. The number of halogens is 1. The monoisotopic (exact) mass is 376 g/mol. The summed E-state index contributed by atoms with van der Waals surface area (Å²) in [5, 5.41) is 20.8. The number of rotatable bonds is 5. The van der Waals surface area contributed by atoms with Crippen molar-refractivity contribution in [1.82, 2.24) is 0 Å². The third-order valence-electron chi connectivity index (χ3n) is 3.77. The Labute approximate surface area is 159 Å². The van der Waals surface area contributed by atoms with Crippen LogP contribution in [0.2, 0.25) is 0 Å². The highest BCUT2D eigenvalue weighted by Gasteiger charge is 2.12. The molecule has 0 aliphatic rings. The van der Waals surface area contributed by atoms with Crippen molar-refractivity contribution in [2.45, 2.75) is 0 Å². The van der Waals surface area contributed by atoms with Crippen LogP contribution in [0.3, 0.4) is 0 Å². The number of benzene rings is 2. The van der Waals surface area contributed by atoms with Crippen molar-refractivity contribution in [2.24, 2.45) is 0 Å². The van der Waals surface area contributed by atoms with Gasteiger partial charge in [0.25, 0.3) is 5.91 Å². The van der Waals surface area contributed by atoms with Gasteiger partial charge in [-0.15, -0.1) is 0 Å². The van der Waals surface area contributed by atoms with Crippen molar-refractivity contribution in [2.75, 3.05) is 5.32 Å². The molecule has 0 spiro atoms. The molecule has 2 N–H and O–H groups in total. The summed E-state index contributed by atoms with van der Waals surface area (Å²) >= 11 is 0. The first-order chi connectivity index (χ1) is 13.5. The minimum Gasteiger partial charge on any atom is -0.478 e. The molecule has 1 amide bonds. The minimum atomic E-state index is -1.06. The third-order valence-corrected chi connectivity index (χ3v) is 3.77. The summed E-state index contributed by atoms with van der Waals surface area (Å²) in [7, 11) is 0. The lowest BCUT2D eigenvalue weighted by Gasteiger charge is -2.03. The van der Waals surface area contributed by atoms with Gasteiger partial charge in [-0.05, 0) is 48.5 Å². The number of carbonyl (C=O) groups excluding carboxylic acids is 1. The van der Waals surface area contributed by atoms with Gasteiger partial charge in [-0.2, -0.15) is 5.26 Å². The van der Waals surface area contributed by atoms with E-state index in [1.807, 2.05) is 0 Å². The molecule has 3 aromatic rings. The van der Waals surface area contributed by atoms with Crippen LogP contribution in [0, 0.1) is 17.1 Å². The highest BCUT2D eigenvalue weighted by molar-refractivity contribution is 6.09. The van der Waals surface area contributed by atoms with Crippen LogP contribution in [0.5, 0.6) is 0 Å². The topological polar surface area (TPSA) is 103 Å². The van der Waals surface area contributed by atoms with Gasteiger partial charge in [0.05, 0.1) is 5.56 Å². The summed E-state index contributed by atoms with van der Waals surface area (Å²) in [5.41, 5.74) is 0.805. The van der Waals surface area contributed by atoms with Gasteiger partial charge in [-0.25, -0.2) is 9.18 Å². The van der Waals surface area contributed by atoms with E-state index in [-0.39, 0.29) is 16.9 Å². The number of nitrogens with one attached hydrogen (secondary N) is 1. The third kappa shape index (κ3) is 4.31. The first-order valence-corrected chi connectivity index (χ1v) is 8.08. The van der Waals surface area contributed by atoms with Gasteiger partial charge >= 0.3 is 5.97 Å². The number of furan rings is 1. The number of nitrogens with zero attached hydrogens (tertiary/aromatic N) is 1. The van der Waals surface area contributed by atoms with E-state index in [2.05, 4.69) is 5.32 Å². The molecule has 7 heteroatoms. The van der Waals surface area contributed by atoms with Gasteiger partial charge in [0.2, 0.25) is 0 Å². The molecule has 0 aliphatic heterocycles. The number of hydrogen-bond donors (Lipinski definition) is 2. The zero-order valence-corrected chi connectivity index (χ0v) is 14.3. The zero-order valence-electron chi connectivity index (χ0n) is 14.3. The van der Waals surface area contributed by atoms with Crippen LogP contribution in [-0.2, 0) is 4.79 Å². The average molecular weight is 376 g/mol. The average Bonchev–Trinajstić information content (AvgIpc) is 3.16. The van der Waals surface area contributed by atoms with Crippen LogP contribution in [0.1, 0.15) is 16.1 Å². The number of amides is 1. The van der Waals surface area contributed by atoms with Crippen LogP contribution in [0.25, 0.3) is 17.4 Å². The fourth-order valence-corrected chi connectivity index (χ4v) is 2.41. The Morgan fingerprint density at radius 3 is 2.54 bits per heavy atom. The summed E-state index contributed by atoms with van der Waals surface area (Å²) in [5.74, 6) is -1.52. The van der Waals surface area contributed by atoms with Crippen LogP contribution < -0.4 is 5.32 Å². The van der Waals surface area contributed by atoms with Crippen molar-refractivity contribution in [3.8, 4) is 17.4 Å². The van der Waals surface area contributed by atoms with E-state index in [4.69, 9.17) is 9.52 Å². The van der Waals surface area contributed by atoms with E-state index in [1.165, 1.54) is 42.5 Å². The van der Waals surface area contributed by atoms with Gasteiger partial charge in [0.1, 0.15) is 29.0 Å². The molecule has 0 radical (unpaired) electrons. The summed E-state index contributed by atoms with van der Waals surface area (Å²) in [4.78, 5) is 23.3. The number of aromatic carboxylic acids is 1. The quantitative estimate of drug-likeness (QED) is 0.510. The van der Waals surface area contributed by atoms with E-state index in [0.717, 1.165) is 0 Å². The number of hydrogen-bond acceptors (Lipinski definition) is 4. The molecule has 138 valence electrons. The number of carboxylic acids is 1. The van der Waals surface area contributed by atoms with Crippen molar-refractivity contribution >= 4 is 23.6 Å². The smallest absolute Gasteiger partial charge is 0.335 e. The van der Waals surface area contributed by atoms with Crippen molar-refractivity contribution in [3.05, 3.63) is 83.4 Å². The Morgan fingerprint density at radius 1 is 1.11 bits per heavy atom. The first kappa shape index (κ1) is 18.6. The molecule has 0 bridgehead atoms. The Bertz CT molecular complexity index is 1110. The zero-order chi connectivity index (χ0) is 20.1. The standard InChI is InChI=1S/C21H13FN2O4/c22-16-4-6-17(7-5-16)24-20(25)15(12-23)11-18-8-9-19(28-18)13-2-1-3-14(10-13)21(26)27/h1-11H,(H,24,25)(H,26,27)/b15-11-. The minimum absolute atomic E-state index is 0.113. The second-order valence-electron chi connectivity index (χ2n) is 5.72. The lowest BCUT2D eigenvalue weighted by atomic mass is 10.1. The fourth-order valence-electron chi connectivity index (χ4n) is 2.41. The van der Waals surface area contributed by atoms with Crippen LogP contribution >= 0.6 is 0 Å². The molecule has 28 heavy (non-hydrogen) atoms. The second-order valence-corrected chi connectivity index (χ2v) is 5.72. The molecule has 0 saturated heterocycles. The van der Waals surface area contributed by atoms with Crippen LogP contribution in [-0.4, -0.2) is 17.0 Å². The number of anilines is 1. The lowest BCUT2D eigenvalue weighted by Crippen LogP contribution is -2.13. The first-order valence-electron chi connectivity index (χ1n) is 8.08.